The maximum Gasteiger partial charge on any atom is 0.235 e. The van der Waals surface area contributed by atoms with Crippen molar-refractivity contribution in [2.24, 2.45) is 0 Å². The van der Waals surface area contributed by atoms with Gasteiger partial charge in [0, 0.05) is 32.7 Å². The normalized spacial score (nSPS) is 13.0. The lowest BCUT2D eigenvalue weighted by molar-refractivity contribution is 0.878. The van der Waals surface area contributed by atoms with Gasteiger partial charge in [0.05, 0.1) is 39.8 Å². The third-order valence-corrected chi connectivity index (χ3v) is 9.44. The summed E-state index contributed by atoms with van der Waals surface area (Å²) in [6, 6.07) is 42.9. The van der Waals surface area contributed by atoms with Gasteiger partial charge in [-0.15, -0.1) is 0 Å². The second-order valence-corrected chi connectivity index (χ2v) is 12.0. The molecule has 0 saturated carbocycles. The number of allylic oxidation sites excluding steroid dienone is 1. The van der Waals surface area contributed by atoms with Gasteiger partial charge < -0.3 is 0 Å². The van der Waals surface area contributed by atoms with E-state index in [1.165, 1.54) is 26.9 Å². The molecule has 6 aromatic carbocycles. The van der Waals surface area contributed by atoms with Crippen molar-refractivity contribution in [3.63, 3.8) is 0 Å². The molecule has 0 fully saturated rings. The van der Waals surface area contributed by atoms with Gasteiger partial charge in [0.1, 0.15) is 0 Å². The van der Waals surface area contributed by atoms with Crippen LogP contribution in [0.1, 0.15) is 17.7 Å². The second-order valence-electron chi connectivity index (χ2n) is 12.0. The highest BCUT2D eigenvalue weighted by molar-refractivity contribution is 6.29. The molecule has 0 saturated heterocycles. The minimum Gasteiger partial charge on any atom is -0.277 e. The highest BCUT2D eigenvalue weighted by Crippen LogP contribution is 2.42. The molecule has 46 heavy (non-hydrogen) atoms. The molecule has 1 aliphatic carbocycles. The van der Waals surface area contributed by atoms with E-state index in [9.17, 15) is 0 Å². The van der Waals surface area contributed by atoms with Crippen molar-refractivity contribution in [3.8, 4) is 22.9 Å². The van der Waals surface area contributed by atoms with E-state index in [0.717, 1.165) is 68.4 Å². The number of hydrogen-bond donors (Lipinski definition) is 0. The molecule has 5 heteroatoms. The molecule has 0 unspecified atom stereocenters. The summed E-state index contributed by atoms with van der Waals surface area (Å²) in [4.78, 5) is 10.7. The predicted octanol–water partition coefficient (Wildman–Crippen LogP) is 9.85. The van der Waals surface area contributed by atoms with Crippen LogP contribution in [0.25, 0.3) is 83.2 Å². The summed E-state index contributed by atoms with van der Waals surface area (Å²) in [7, 11) is 0. The van der Waals surface area contributed by atoms with Crippen LogP contribution in [0.2, 0.25) is 0 Å². The van der Waals surface area contributed by atoms with Crippen molar-refractivity contribution in [3.05, 3.63) is 145 Å². The standard InChI is InChI=1S/C41H27N5/c1-3-12-28(13-4-1)39-31-17-9-10-18-34(31)43-41(44-39)45-36-24-23-35-33(25-42-46(35)29-14-5-2-6-15-29)38(36)32-22-21-27-20-19-26-11-7-8-16-30(26)37(27)40(32)45/h1-9,11-17,19-25H,10,18H2. The van der Waals surface area contributed by atoms with E-state index in [2.05, 4.69) is 132 Å². The van der Waals surface area contributed by atoms with Gasteiger partial charge in [0.2, 0.25) is 5.95 Å². The van der Waals surface area contributed by atoms with Gasteiger partial charge >= 0.3 is 0 Å². The third-order valence-electron chi connectivity index (χ3n) is 9.44. The number of benzene rings is 6. The summed E-state index contributed by atoms with van der Waals surface area (Å²) in [6.45, 7) is 0. The lowest BCUT2D eigenvalue weighted by Crippen LogP contribution is -2.10. The maximum atomic E-state index is 5.40. The molecule has 0 N–H and O–H groups in total. The molecule has 0 spiro atoms. The van der Waals surface area contributed by atoms with Crippen molar-refractivity contribution < 1.29 is 0 Å². The van der Waals surface area contributed by atoms with E-state index >= 15 is 0 Å². The first-order valence-corrected chi connectivity index (χ1v) is 15.8. The Hall–Kier alpha value is -6.07. The Morgan fingerprint density at radius 2 is 1.35 bits per heavy atom. The second kappa shape index (κ2) is 9.71. The number of nitrogens with zero attached hydrogens (tertiary/aromatic N) is 5. The molecular weight excluding hydrogens is 562 g/mol. The van der Waals surface area contributed by atoms with Gasteiger partial charge in [-0.25, -0.2) is 14.6 Å². The Bertz CT molecular complexity index is 2680. The first-order chi connectivity index (χ1) is 22.8. The fraction of sp³-hybridized carbons (Fsp3) is 0.0488. The van der Waals surface area contributed by atoms with Crippen LogP contribution in [0.5, 0.6) is 0 Å². The van der Waals surface area contributed by atoms with Gasteiger partial charge in [-0.2, -0.15) is 5.10 Å². The molecule has 0 aliphatic heterocycles. The van der Waals surface area contributed by atoms with Gasteiger partial charge in [-0.05, 0) is 53.3 Å². The zero-order valence-electron chi connectivity index (χ0n) is 24.9. The maximum absolute atomic E-state index is 5.40. The predicted molar refractivity (Wildman–Crippen MR) is 189 cm³/mol. The molecule has 216 valence electrons. The lowest BCUT2D eigenvalue weighted by atomic mass is 9.98. The van der Waals surface area contributed by atoms with Gasteiger partial charge in [0.15, 0.2) is 0 Å². The molecule has 0 radical (unpaired) electrons. The average Bonchev–Trinajstić information content (AvgIpc) is 3.71. The Morgan fingerprint density at radius 1 is 0.587 bits per heavy atom. The van der Waals surface area contributed by atoms with Crippen LogP contribution < -0.4 is 0 Å². The van der Waals surface area contributed by atoms with Gasteiger partial charge in [-0.1, -0.05) is 109 Å². The SMILES string of the molecule is C1=Cc2c(nc(-n3c4ccc5c(cnn5-c5ccccc5)c4c4ccc5ccc6ccccc6c5c43)nc2-c2ccccc2)CC1. The first kappa shape index (κ1) is 25.3. The third kappa shape index (κ3) is 3.60. The molecular formula is C41H27N5. The summed E-state index contributed by atoms with van der Waals surface area (Å²) < 4.78 is 4.34. The number of rotatable bonds is 3. The minimum atomic E-state index is 0.697. The molecule has 3 aromatic heterocycles. The van der Waals surface area contributed by atoms with Crippen LogP contribution >= 0.6 is 0 Å². The summed E-state index contributed by atoms with van der Waals surface area (Å²) in [5.41, 5.74) is 8.56. The van der Waals surface area contributed by atoms with E-state index in [-0.39, 0.29) is 0 Å². The number of para-hydroxylation sites is 1. The topological polar surface area (TPSA) is 48.5 Å². The van der Waals surface area contributed by atoms with E-state index in [1.54, 1.807) is 0 Å². The number of hydrogen-bond acceptors (Lipinski definition) is 3. The van der Waals surface area contributed by atoms with Crippen LogP contribution in [0.15, 0.2) is 134 Å². The van der Waals surface area contributed by atoms with E-state index in [4.69, 9.17) is 15.1 Å². The smallest absolute Gasteiger partial charge is 0.235 e. The Labute approximate surface area is 264 Å². The summed E-state index contributed by atoms with van der Waals surface area (Å²) >= 11 is 0. The van der Waals surface area contributed by atoms with Crippen LogP contribution in [-0.2, 0) is 6.42 Å². The molecule has 10 rings (SSSR count). The summed E-state index contributed by atoms with van der Waals surface area (Å²) in [5, 5.41) is 13.2. The number of aryl methyl sites for hydroxylation is 1. The largest absolute Gasteiger partial charge is 0.277 e. The molecule has 5 nitrogen and oxygen atoms in total. The first-order valence-electron chi connectivity index (χ1n) is 15.8. The van der Waals surface area contributed by atoms with Gasteiger partial charge in [0.25, 0.3) is 0 Å². The van der Waals surface area contributed by atoms with Crippen molar-refractivity contribution in [1.29, 1.82) is 0 Å². The Balaban J connectivity index is 1.39. The monoisotopic (exact) mass is 589 g/mol. The highest BCUT2D eigenvalue weighted by Gasteiger charge is 2.24. The van der Waals surface area contributed by atoms with E-state index in [1.807, 2.05) is 16.9 Å². The molecule has 1 aliphatic rings. The molecule has 0 amide bonds. The molecule has 0 atom stereocenters. The van der Waals surface area contributed by atoms with Crippen molar-refractivity contribution in [2.75, 3.05) is 0 Å². The Kier molecular flexibility index (Phi) is 5.34. The zero-order chi connectivity index (χ0) is 30.2. The molecule has 9 aromatic rings. The average molecular weight is 590 g/mol. The van der Waals surface area contributed by atoms with Crippen molar-refractivity contribution >= 4 is 60.3 Å². The molecule has 0 bridgehead atoms. The zero-order valence-corrected chi connectivity index (χ0v) is 24.9. The highest BCUT2D eigenvalue weighted by atomic mass is 15.3. The summed E-state index contributed by atoms with van der Waals surface area (Å²) in [6.07, 6.45) is 8.30. The van der Waals surface area contributed by atoms with E-state index in [0.29, 0.717) is 5.95 Å². The minimum absolute atomic E-state index is 0.697. The quantitative estimate of drug-likeness (QED) is 0.193. The van der Waals surface area contributed by atoms with Crippen molar-refractivity contribution in [2.45, 2.75) is 12.8 Å². The van der Waals surface area contributed by atoms with Crippen molar-refractivity contribution in [1.82, 2.24) is 24.3 Å². The van der Waals surface area contributed by atoms with Crippen LogP contribution in [0.3, 0.4) is 0 Å². The fourth-order valence-corrected chi connectivity index (χ4v) is 7.38. The fourth-order valence-electron chi connectivity index (χ4n) is 7.38. The number of aromatic nitrogens is 5. The molecule has 3 heterocycles. The van der Waals surface area contributed by atoms with Crippen LogP contribution in [0.4, 0.5) is 0 Å². The van der Waals surface area contributed by atoms with Crippen LogP contribution in [0, 0.1) is 0 Å². The summed E-state index contributed by atoms with van der Waals surface area (Å²) in [5.74, 6) is 0.697. The lowest BCUT2D eigenvalue weighted by Gasteiger charge is -2.17. The van der Waals surface area contributed by atoms with Gasteiger partial charge in [-0.3, -0.25) is 4.57 Å². The Morgan fingerprint density at radius 3 is 2.24 bits per heavy atom. The number of fused-ring (bicyclic) bond motifs is 10. The van der Waals surface area contributed by atoms with E-state index < -0.39 is 0 Å². The van der Waals surface area contributed by atoms with Crippen LogP contribution in [-0.4, -0.2) is 24.3 Å².